The van der Waals surface area contributed by atoms with Gasteiger partial charge in [0.1, 0.15) is 11.6 Å². The van der Waals surface area contributed by atoms with E-state index in [-0.39, 0.29) is 6.04 Å². The van der Waals surface area contributed by atoms with Gasteiger partial charge in [-0.3, -0.25) is 0 Å². The van der Waals surface area contributed by atoms with Gasteiger partial charge in [-0.1, -0.05) is 24.0 Å². The Hall–Kier alpha value is -2.73. The first-order valence-corrected chi connectivity index (χ1v) is 7.79. The van der Waals surface area contributed by atoms with Crippen LogP contribution >= 0.6 is 0 Å². The van der Waals surface area contributed by atoms with Gasteiger partial charge in [0.05, 0.1) is 13.2 Å². The molecule has 1 aliphatic heterocycles. The van der Waals surface area contributed by atoms with Crippen LogP contribution in [0.2, 0.25) is 0 Å². The van der Waals surface area contributed by atoms with Crippen molar-refractivity contribution in [1.29, 1.82) is 0 Å². The summed E-state index contributed by atoms with van der Waals surface area (Å²) in [6.45, 7) is 2.15. The second-order valence-electron chi connectivity index (χ2n) is 5.50. The minimum atomic E-state index is 0.107. The molecule has 3 nitrogen and oxygen atoms in total. The molecule has 0 saturated heterocycles. The van der Waals surface area contributed by atoms with Gasteiger partial charge in [-0.25, -0.2) is 4.98 Å². The van der Waals surface area contributed by atoms with Gasteiger partial charge in [-0.15, -0.1) is 0 Å². The van der Waals surface area contributed by atoms with E-state index >= 15 is 0 Å². The predicted molar refractivity (Wildman–Crippen MR) is 93.6 cm³/mol. The van der Waals surface area contributed by atoms with E-state index in [1.165, 1.54) is 5.57 Å². The summed E-state index contributed by atoms with van der Waals surface area (Å²) < 4.78 is 5.48. The van der Waals surface area contributed by atoms with Crippen molar-refractivity contribution in [1.82, 2.24) is 4.98 Å². The van der Waals surface area contributed by atoms with Crippen molar-refractivity contribution < 1.29 is 4.74 Å². The van der Waals surface area contributed by atoms with Crippen LogP contribution in [0.25, 0.3) is 0 Å². The smallest absolute Gasteiger partial charge is 0.133 e. The van der Waals surface area contributed by atoms with Gasteiger partial charge >= 0.3 is 0 Å². The summed E-state index contributed by atoms with van der Waals surface area (Å²) in [5.41, 5.74) is 2.46. The lowest BCUT2D eigenvalue weighted by molar-refractivity contribution is 0.304. The van der Waals surface area contributed by atoms with E-state index in [4.69, 9.17) is 4.74 Å². The van der Waals surface area contributed by atoms with E-state index in [0.717, 1.165) is 30.1 Å². The third-order valence-electron chi connectivity index (χ3n) is 3.94. The minimum Gasteiger partial charge on any atom is -0.497 e. The topological polar surface area (TPSA) is 25.4 Å². The molecule has 0 bridgehead atoms. The Kier molecular flexibility index (Phi) is 4.63. The van der Waals surface area contributed by atoms with Crippen LogP contribution in [0, 0.1) is 11.8 Å². The molecule has 1 aliphatic carbocycles. The number of pyridine rings is 1. The Labute approximate surface area is 137 Å². The molecule has 0 amide bonds. The molecule has 1 aromatic heterocycles. The molecule has 0 fully saturated rings. The average Bonchev–Trinajstić information content (AvgIpc) is 2.77. The summed E-state index contributed by atoms with van der Waals surface area (Å²) in [6, 6.07) is 6.09. The van der Waals surface area contributed by atoms with Gasteiger partial charge in [-0.05, 0) is 55.4 Å². The van der Waals surface area contributed by atoms with Crippen molar-refractivity contribution in [3.63, 3.8) is 0 Å². The highest BCUT2D eigenvalue weighted by Gasteiger charge is 2.21. The minimum absolute atomic E-state index is 0.107. The van der Waals surface area contributed by atoms with Crippen LogP contribution in [0.5, 0.6) is 0 Å². The molecule has 2 heterocycles. The molecule has 0 aromatic carbocycles. The Morgan fingerprint density at radius 3 is 3.00 bits per heavy atom. The zero-order chi connectivity index (χ0) is 16.1. The molecule has 23 heavy (non-hydrogen) atoms. The van der Waals surface area contributed by atoms with Crippen molar-refractivity contribution in [2.75, 3.05) is 12.0 Å². The van der Waals surface area contributed by atoms with Crippen LogP contribution in [-0.2, 0) is 4.74 Å². The normalized spacial score (nSPS) is 20.3. The number of allylic oxidation sites excluding steroid dienone is 5. The second-order valence-corrected chi connectivity index (χ2v) is 5.50. The number of anilines is 1. The van der Waals surface area contributed by atoms with Crippen molar-refractivity contribution in [3.05, 3.63) is 71.8 Å². The molecule has 0 radical (unpaired) electrons. The standard InChI is InChI=1S/C20H20N2O/c1-16-15-18(23-2)11-8-10-17-9-4-3-5-12-19(17)22(16)20-13-6-7-14-21-20/h5-8,11-16H,9-10H2,1-2H3/t16-/m0/s1. The number of hydrogen-bond donors (Lipinski definition) is 0. The molecule has 2 aliphatic rings. The first-order valence-electron chi connectivity index (χ1n) is 7.79. The maximum atomic E-state index is 5.48. The van der Waals surface area contributed by atoms with Gasteiger partial charge < -0.3 is 9.64 Å². The number of ether oxygens (including phenoxy) is 1. The molecule has 3 rings (SSSR count). The van der Waals surface area contributed by atoms with Gasteiger partial charge in [0, 0.05) is 18.3 Å². The lowest BCUT2D eigenvalue weighted by Gasteiger charge is -2.31. The van der Waals surface area contributed by atoms with Crippen molar-refractivity contribution >= 4 is 5.82 Å². The van der Waals surface area contributed by atoms with E-state index in [9.17, 15) is 0 Å². The third kappa shape index (κ3) is 3.37. The lowest BCUT2D eigenvalue weighted by Crippen LogP contribution is -2.32. The Morgan fingerprint density at radius 1 is 1.30 bits per heavy atom. The number of hydrogen-bond acceptors (Lipinski definition) is 3. The van der Waals surface area contributed by atoms with E-state index in [0.29, 0.717) is 0 Å². The Balaban J connectivity index is 2.14. The number of rotatable bonds is 2. The number of methoxy groups -OCH3 is 1. The fourth-order valence-corrected chi connectivity index (χ4v) is 2.84. The van der Waals surface area contributed by atoms with E-state index in [1.807, 2.05) is 36.5 Å². The quantitative estimate of drug-likeness (QED) is 0.773. The molecule has 1 atom stereocenters. The third-order valence-corrected chi connectivity index (χ3v) is 3.94. The zero-order valence-electron chi connectivity index (χ0n) is 13.5. The molecule has 116 valence electrons. The first kappa shape index (κ1) is 15.2. The van der Waals surface area contributed by atoms with E-state index in [1.54, 1.807) is 7.11 Å². The highest BCUT2D eigenvalue weighted by molar-refractivity contribution is 5.56. The maximum absolute atomic E-state index is 5.48. The molecule has 3 heteroatoms. The highest BCUT2D eigenvalue weighted by atomic mass is 16.5. The number of nitrogens with zero attached hydrogens (tertiary/aromatic N) is 2. The fourth-order valence-electron chi connectivity index (χ4n) is 2.84. The first-order chi connectivity index (χ1) is 11.3. The largest absolute Gasteiger partial charge is 0.497 e. The van der Waals surface area contributed by atoms with Gasteiger partial charge in [0.15, 0.2) is 0 Å². The van der Waals surface area contributed by atoms with Crippen LogP contribution in [0.3, 0.4) is 0 Å². The molecule has 0 N–H and O–H groups in total. The molecule has 1 aromatic rings. The number of aromatic nitrogens is 1. The molecular formula is C20H20N2O. The van der Waals surface area contributed by atoms with Crippen LogP contribution < -0.4 is 4.90 Å². The van der Waals surface area contributed by atoms with Gasteiger partial charge in [-0.2, -0.15) is 0 Å². The van der Waals surface area contributed by atoms with Gasteiger partial charge in [0.2, 0.25) is 0 Å². The lowest BCUT2D eigenvalue weighted by atomic mass is 10.0. The van der Waals surface area contributed by atoms with E-state index in [2.05, 4.69) is 46.9 Å². The summed E-state index contributed by atoms with van der Waals surface area (Å²) >= 11 is 0. The van der Waals surface area contributed by atoms with E-state index < -0.39 is 0 Å². The van der Waals surface area contributed by atoms with Crippen molar-refractivity contribution in [2.45, 2.75) is 25.8 Å². The summed E-state index contributed by atoms with van der Waals surface area (Å²) in [4.78, 5) is 6.80. The maximum Gasteiger partial charge on any atom is 0.133 e. The molecule has 0 saturated carbocycles. The average molecular weight is 304 g/mol. The Morgan fingerprint density at radius 2 is 2.22 bits per heavy atom. The summed E-state index contributed by atoms with van der Waals surface area (Å²) in [7, 11) is 1.70. The van der Waals surface area contributed by atoms with Crippen molar-refractivity contribution in [2.24, 2.45) is 0 Å². The molecule has 0 unspecified atom stereocenters. The Bertz CT molecular complexity index is 745. The summed E-state index contributed by atoms with van der Waals surface area (Å²) in [5.74, 6) is 8.08. The predicted octanol–water partition coefficient (Wildman–Crippen LogP) is 3.98. The summed E-state index contributed by atoms with van der Waals surface area (Å²) in [5, 5.41) is 0. The van der Waals surface area contributed by atoms with Crippen LogP contribution in [-0.4, -0.2) is 18.1 Å². The van der Waals surface area contributed by atoms with Crippen LogP contribution in [0.4, 0.5) is 5.82 Å². The molecular weight excluding hydrogens is 284 g/mol. The second kappa shape index (κ2) is 7.02. The molecule has 0 spiro atoms. The zero-order valence-corrected chi connectivity index (χ0v) is 13.5. The fraction of sp³-hybridized carbons (Fsp3) is 0.250. The van der Waals surface area contributed by atoms with Gasteiger partial charge in [0.25, 0.3) is 0 Å². The van der Waals surface area contributed by atoms with Crippen LogP contribution in [0.15, 0.2) is 71.8 Å². The monoisotopic (exact) mass is 304 g/mol. The van der Waals surface area contributed by atoms with Crippen molar-refractivity contribution in [3.8, 4) is 11.8 Å². The van der Waals surface area contributed by atoms with Crippen LogP contribution in [0.1, 0.15) is 19.8 Å². The SMILES string of the molecule is COC1=C[C@H](C)N(c2ccccn2)C2=C(CC#CC=C2)CC=C1. The highest BCUT2D eigenvalue weighted by Crippen LogP contribution is 2.29. The summed E-state index contributed by atoms with van der Waals surface area (Å²) in [6.07, 6.45) is 13.8.